The van der Waals surface area contributed by atoms with Crippen LogP contribution in [0.15, 0.2) is 0 Å². The minimum absolute atomic E-state index is 0.523. The summed E-state index contributed by atoms with van der Waals surface area (Å²) >= 11 is 0. The topological polar surface area (TPSA) is 57.6 Å². The molecule has 1 N–H and O–H groups in total. The first-order valence-corrected chi connectivity index (χ1v) is 6.61. The summed E-state index contributed by atoms with van der Waals surface area (Å²) in [6, 6.07) is -0.644. The van der Waals surface area contributed by atoms with E-state index in [-0.39, 0.29) is 0 Å². The van der Waals surface area contributed by atoms with Crippen LogP contribution in [0.25, 0.3) is 0 Å². The molecular weight excluding hydrogens is 218 g/mol. The summed E-state index contributed by atoms with van der Waals surface area (Å²) in [5, 5.41) is 9.10. The third kappa shape index (κ3) is 6.97. The fraction of sp³-hybridized carbons (Fsp3) is 0.846. The van der Waals surface area contributed by atoms with Gasteiger partial charge in [-0.05, 0) is 12.8 Å². The SMILES string of the molecule is CCCCCCCC(C(=O)O)N(C=O)CCC. The molecule has 0 bridgehead atoms. The predicted molar refractivity (Wildman–Crippen MR) is 67.9 cm³/mol. The van der Waals surface area contributed by atoms with Crippen molar-refractivity contribution in [3.05, 3.63) is 0 Å². The zero-order chi connectivity index (χ0) is 13.1. The number of aliphatic carboxylic acids is 1. The van der Waals surface area contributed by atoms with Crippen molar-refractivity contribution in [1.82, 2.24) is 4.90 Å². The lowest BCUT2D eigenvalue weighted by Crippen LogP contribution is -2.40. The van der Waals surface area contributed by atoms with Crippen molar-refractivity contribution in [2.75, 3.05) is 6.54 Å². The molecule has 0 aromatic carbocycles. The summed E-state index contributed by atoms with van der Waals surface area (Å²) in [5.74, 6) is -0.888. The van der Waals surface area contributed by atoms with Crippen molar-refractivity contribution in [2.24, 2.45) is 0 Å². The second kappa shape index (κ2) is 10.1. The van der Waals surface area contributed by atoms with Crippen LogP contribution in [0, 0.1) is 0 Å². The smallest absolute Gasteiger partial charge is 0.326 e. The molecule has 0 aromatic rings. The Morgan fingerprint density at radius 1 is 1.18 bits per heavy atom. The van der Waals surface area contributed by atoms with Gasteiger partial charge in [0.15, 0.2) is 0 Å². The van der Waals surface area contributed by atoms with Gasteiger partial charge in [-0.15, -0.1) is 0 Å². The van der Waals surface area contributed by atoms with Crippen LogP contribution < -0.4 is 0 Å². The van der Waals surface area contributed by atoms with Crippen molar-refractivity contribution in [1.29, 1.82) is 0 Å². The summed E-state index contributed by atoms with van der Waals surface area (Å²) < 4.78 is 0. The Bertz CT molecular complexity index is 219. The van der Waals surface area contributed by atoms with E-state index in [1.54, 1.807) is 0 Å². The van der Waals surface area contributed by atoms with Crippen LogP contribution in [-0.2, 0) is 9.59 Å². The summed E-state index contributed by atoms with van der Waals surface area (Å²) in [7, 11) is 0. The normalized spacial score (nSPS) is 12.1. The zero-order valence-electron chi connectivity index (χ0n) is 11.0. The van der Waals surface area contributed by atoms with Crippen LogP contribution >= 0.6 is 0 Å². The molecule has 4 nitrogen and oxygen atoms in total. The van der Waals surface area contributed by atoms with Crippen LogP contribution in [0.2, 0.25) is 0 Å². The van der Waals surface area contributed by atoms with Gasteiger partial charge >= 0.3 is 5.97 Å². The van der Waals surface area contributed by atoms with Crippen LogP contribution in [-0.4, -0.2) is 35.0 Å². The minimum Gasteiger partial charge on any atom is -0.480 e. The van der Waals surface area contributed by atoms with E-state index in [0.29, 0.717) is 19.4 Å². The lowest BCUT2D eigenvalue weighted by molar-refractivity contribution is -0.146. The zero-order valence-corrected chi connectivity index (χ0v) is 11.0. The average molecular weight is 243 g/mol. The highest BCUT2D eigenvalue weighted by molar-refractivity contribution is 5.76. The van der Waals surface area contributed by atoms with E-state index in [9.17, 15) is 9.59 Å². The maximum atomic E-state index is 11.1. The molecule has 0 rings (SSSR count). The molecular formula is C13H25NO3. The summed E-state index contributed by atoms with van der Waals surface area (Å²) in [4.78, 5) is 23.3. The van der Waals surface area contributed by atoms with Gasteiger partial charge in [0.25, 0.3) is 0 Å². The predicted octanol–water partition coefficient (Wildman–Crippen LogP) is 2.67. The molecule has 0 fully saturated rings. The maximum absolute atomic E-state index is 11.1. The first-order valence-electron chi connectivity index (χ1n) is 6.61. The number of unbranched alkanes of at least 4 members (excludes halogenated alkanes) is 4. The van der Waals surface area contributed by atoms with Crippen molar-refractivity contribution in [3.8, 4) is 0 Å². The Labute approximate surface area is 104 Å². The van der Waals surface area contributed by atoms with Crippen molar-refractivity contribution in [3.63, 3.8) is 0 Å². The second-order valence-electron chi connectivity index (χ2n) is 4.40. The number of nitrogens with zero attached hydrogens (tertiary/aromatic N) is 1. The molecule has 1 amide bonds. The fourth-order valence-corrected chi connectivity index (χ4v) is 1.91. The van der Waals surface area contributed by atoms with E-state index in [1.807, 2.05) is 6.92 Å². The molecule has 4 heteroatoms. The molecule has 0 radical (unpaired) electrons. The Morgan fingerprint density at radius 3 is 2.29 bits per heavy atom. The fourth-order valence-electron chi connectivity index (χ4n) is 1.91. The van der Waals surface area contributed by atoms with Gasteiger partial charge in [0, 0.05) is 6.54 Å². The van der Waals surface area contributed by atoms with E-state index in [1.165, 1.54) is 17.7 Å². The molecule has 0 aliphatic rings. The Balaban J connectivity index is 4.04. The van der Waals surface area contributed by atoms with Gasteiger partial charge in [0.1, 0.15) is 6.04 Å². The Kier molecular flexibility index (Phi) is 9.49. The molecule has 0 heterocycles. The highest BCUT2D eigenvalue weighted by Gasteiger charge is 2.22. The molecule has 0 saturated carbocycles. The monoisotopic (exact) mass is 243 g/mol. The molecule has 1 atom stereocenters. The van der Waals surface area contributed by atoms with Crippen LogP contribution in [0.4, 0.5) is 0 Å². The highest BCUT2D eigenvalue weighted by Crippen LogP contribution is 2.11. The molecule has 1 unspecified atom stereocenters. The Hall–Kier alpha value is -1.06. The van der Waals surface area contributed by atoms with Crippen LogP contribution in [0.5, 0.6) is 0 Å². The third-order valence-corrected chi connectivity index (χ3v) is 2.88. The third-order valence-electron chi connectivity index (χ3n) is 2.88. The lowest BCUT2D eigenvalue weighted by atomic mass is 10.1. The van der Waals surface area contributed by atoms with E-state index < -0.39 is 12.0 Å². The standard InChI is InChI=1S/C13H25NO3/c1-3-5-6-7-8-9-12(13(16)17)14(11-15)10-4-2/h11-12H,3-10H2,1-2H3,(H,16,17). The first kappa shape index (κ1) is 15.9. The Morgan fingerprint density at radius 2 is 1.82 bits per heavy atom. The summed E-state index contributed by atoms with van der Waals surface area (Å²) in [6.45, 7) is 4.61. The van der Waals surface area contributed by atoms with Gasteiger partial charge in [-0.2, -0.15) is 0 Å². The van der Waals surface area contributed by atoms with Crippen molar-refractivity contribution >= 4 is 12.4 Å². The van der Waals surface area contributed by atoms with E-state index in [0.717, 1.165) is 25.7 Å². The molecule has 0 aliphatic carbocycles. The number of carbonyl (C=O) groups is 2. The maximum Gasteiger partial charge on any atom is 0.326 e. The van der Waals surface area contributed by atoms with Gasteiger partial charge < -0.3 is 10.0 Å². The largest absolute Gasteiger partial charge is 0.480 e. The number of hydrogen-bond donors (Lipinski definition) is 1. The van der Waals surface area contributed by atoms with Crippen molar-refractivity contribution in [2.45, 2.75) is 64.8 Å². The van der Waals surface area contributed by atoms with Gasteiger partial charge in [0.05, 0.1) is 0 Å². The van der Waals surface area contributed by atoms with E-state index in [4.69, 9.17) is 5.11 Å². The molecule has 0 aromatic heterocycles. The number of hydrogen-bond acceptors (Lipinski definition) is 2. The first-order chi connectivity index (χ1) is 8.17. The second-order valence-corrected chi connectivity index (χ2v) is 4.40. The highest BCUT2D eigenvalue weighted by atomic mass is 16.4. The van der Waals surface area contributed by atoms with Crippen LogP contribution in [0.3, 0.4) is 0 Å². The molecule has 17 heavy (non-hydrogen) atoms. The van der Waals surface area contributed by atoms with Gasteiger partial charge in [-0.3, -0.25) is 4.79 Å². The quantitative estimate of drug-likeness (QED) is 0.448. The molecule has 100 valence electrons. The van der Waals surface area contributed by atoms with Gasteiger partial charge in [0.2, 0.25) is 6.41 Å². The summed E-state index contributed by atoms with van der Waals surface area (Å²) in [6.07, 6.45) is 7.48. The number of carbonyl (C=O) groups excluding carboxylic acids is 1. The number of carboxylic acid groups (broad SMARTS) is 1. The molecule has 0 saturated heterocycles. The number of carboxylic acids is 1. The van der Waals surface area contributed by atoms with E-state index >= 15 is 0 Å². The summed E-state index contributed by atoms with van der Waals surface area (Å²) in [5.41, 5.74) is 0. The van der Waals surface area contributed by atoms with Gasteiger partial charge in [-0.25, -0.2) is 4.79 Å². The van der Waals surface area contributed by atoms with Crippen molar-refractivity contribution < 1.29 is 14.7 Å². The number of amides is 1. The molecule has 0 aliphatic heterocycles. The lowest BCUT2D eigenvalue weighted by Gasteiger charge is -2.24. The van der Waals surface area contributed by atoms with E-state index in [2.05, 4.69) is 6.92 Å². The average Bonchev–Trinajstić information content (AvgIpc) is 2.31. The molecule has 0 spiro atoms. The number of rotatable bonds is 11. The van der Waals surface area contributed by atoms with Gasteiger partial charge in [-0.1, -0.05) is 46.0 Å². The van der Waals surface area contributed by atoms with Crippen LogP contribution in [0.1, 0.15) is 58.8 Å². The minimum atomic E-state index is -0.888.